The van der Waals surface area contributed by atoms with Crippen LogP contribution in [0.3, 0.4) is 0 Å². The van der Waals surface area contributed by atoms with Gasteiger partial charge >= 0.3 is 0 Å². The van der Waals surface area contributed by atoms with E-state index in [2.05, 4.69) is 106 Å². The molecule has 2 aliphatic rings. The van der Waals surface area contributed by atoms with Crippen LogP contribution in [0.1, 0.15) is 42.3 Å². The number of H-pyrrole nitrogens is 1. The Morgan fingerprint density at radius 2 is 1.64 bits per heavy atom. The first kappa shape index (κ1) is 21.8. The number of benzene rings is 2. The van der Waals surface area contributed by atoms with Gasteiger partial charge in [-0.2, -0.15) is 0 Å². The van der Waals surface area contributed by atoms with Crippen molar-refractivity contribution in [3.05, 3.63) is 95.4 Å². The number of hydrogen-bond donors (Lipinski definition) is 2. The Kier molecular flexibility index (Phi) is 6.51. The lowest BCUT2D eigenvalue weighted by atomic mass is 10.0. The van der Waals surface area contributed by atoms with Gasteiger partial charge in [-0.15, -0.1) is 0 Å². The SMILES string of the molecule is CCN1CCN(Cc2ccc(N3C=C(N[C@H](C)c4ccccc4)c4cc[nH]c4C3)cc2)CC1. The van der Waals surface area contributed by atoms with Gasteiger partial charge in [0.15, 0.2) is 0 Å². The van der Waals surface area contributed by atoms with E-state index in [1.165, 1.54) is 41.2 Å². The summed E-state index contributed by atoms with van der Waals surface area (Å²) in [6.07, 6.45) is 4.30. The smallest absolute Gasteiger partial charge is 0.0634 e. The van der Waals surface area contributed by atoms with Crippen LogP contribution in [0.4, 0.5) is 5.69 Å². The largest absolute Gasteiger partial charge is 0.377 e. The molecule has 172 valence electrons. The molecule has 0 radical (unpaired) electrons. The van der Waals surface area contributed by atoms with Gasteiger partial charge in [0.1, 0.15) is 0 Å². The molecule has 0 saturated carbocycles. The van der Waals surface area contributed by atoms with E-state index in [0.717, 1.165) is 38.4 Å². The molecule has 1 aromatic heterocycles. The average Bonchev–Trinajstić information content (AvgIpc) is 3.35. The van der Waals surface area contributed by atoms with E-state index in [-0.39, 0.29) is 6.04 Å². The number of piperazine rings is 1. The van der Waals surface area contributed by atoms with Crippen molar-refractivity contribution in [3.63, 3.8) is 0 Å². The molecule has 0 bridgehead atoms. The number of hydrogen-bond acceptors (Lipinski definition) is 4. The van der Waals surface area contributed by atoms with Crippen LogP contribution in [0.15, 0.2) is 73.1 Å². The Morgan fingerprint density at radius 3 is 2.36 bits per heavy atom. The number of aromatic amines is 1. The summed E-state index contributed by atoms with van der Waals surface area (Å²) in [6.45, 7) is 12.2. The number of rotatable bonds is 7. The quantitative estimate of drug-likeness (QED) is 0.551. The van der Waals surface area contributed by atoms with Gasteiger partial charge in [0.05, 0.1) is 12.2 Å². The van der Waals surface area contributed by atoms with Gasteiger partial charge in [-0.1, -0.05) is 49.4 Å². The topological polar surface area (TPSA) is 37.5 Å². The summed E-state index contributed by atoms with van der Waals surface area (Å²) in [7, 11) is 0. The normalized spacial score (nSPS) is 18.0. The van der Waals surface area contributed by atoms with Gasteiger partial charge in [-0.25, -0.2) is 0 Å². The summed E-state index contributed by atoms with van der Waals surface area (Å²) in [4.78, 5) is 10.9. The Labute approximate surface area is 197 Å². The fourth-order valence-electron chi connectivity index (χ4n) is 4.88. The lowest BCUT2D eigenvalue weighted by Crippen LogP contribution is -2.45. The molecule has 1 saturated heterocycles. The summed E-state index contributed by atoms with van der Waals surface area (Å²) < 4.78 is 0. The number of nitrogens with one attached hydrogen (secondary N) is 2. The zero-order chi connectivity index (χ0) is 22.6. The van der Waals surface area contributed by atoms with E-state index in [1.807, 2.05) is 6.20 Å². The molecular formula is C28H35N5. The van der Waals surface area contributed by atoms with Crippen molar-refractivity contribution in [2.24, 2.45) is 0 Å². The molecule has 1 atom stereocenters. The minimum absolute atomic E-state index is 0.232. The third-order valence-electron chi connectivity index (χ3n) is 6.99. The highest BCUT2D eigenvalue weighted by molar-refractivity contribution is 5.73. The second kappa shape index (κ2) is 9.86. The van der Waals surface area contributed by atoms with E-state index in [0.29, 0.717) is 0 Å². The van der Waals surface area contributed by atoms with Crippen LogP contribution < -0.4 is 10.2 Å². The monoisotopic (exact) mass is 441 g/mol. The number of nitrogens with zero attached hydrogens (tertiary/aromatic N) is 3. The van der Waals surface area contributed by atoms with Crippen LogP contribution in [0, 0.1) is 0 Å². The van der Waals surface area contributed by atoms with Crippen LogP contribution in [0.5, 0.6) is 0 Å². The standard InChI is InChI=1S/C28H35N5/c1-3-31-15-17-32(18-16-31)19-23-9-11-25(12-10-23)33-20-27-26(13-14-29-27)28(21-33)30-22(2)24-7-5-4-6-8-24/h4-14,21-22,29-30H,3,15-20H2,1-2H3/t22-/m1/s1. The van der Waals surface area contributed by atoms with Gasteiger partial charge in [0.2, 0.25) is 0 Å². The molecule has 1 fully saturated rings. The first-order valence-corrected chi connectivity index (χ1v) is 12.2. The number of anilines is 1. The molecule has 2 aromatic carbocycles. The molecule has 3 heterocycles. The highest BCUT2D eigenvalue weighted by Gasteiger charge is 2.21. The van der Waals surface area contributed by atoms with E-state index in [1.54, 1.807) is 0 Å². The minimum atomic E-state index is 0.232. The van der Waals surface area contributed by atoms with Crippen molar-refractivity contribution in [1.82, 2.24) is 20.1 Å². The summed E-state index contributed by atoms with van der Waals surface area (Å²) >= 11 is 0. The molecular weight excluding hydrogens is 406 g/mol. The zero-order valence-corrected chi connectivity index (χ0v) is 19.8. The first-order valence-electron chi connectivity index (χ1n) is 12.2. The van der Waals surface area contributed by atoms with Crippen LogP contribution >= 0.6 is 0 Å². The summed E-state index contributed by atoms with van der Waals surface area (Å²) in [6, 6.07) is 22.1. The Morgan fingerprint density at radius 1 is 0.909 bits per heavy atom. The maximum atomic E-state index is 3.74. The van der Waals surface area contributed by atoms with Crippen molar-refractivity contribution in [1.29, 1.82) is 0 Å². The van der Waals surface area contributed by atoms with Crippen molar-refractivity contribution in [2.75, 3.05) is 37.6 Å². The zero-order valence-electron chi connectivity index (χ0n) is 19.8. The Balaban J connectivity index is 1.29. The predicted molar refractivity (Wildman–Crippen MR) is 137 cm³/mol. The molecule has 5 rings (SSSR count). The van der Waals surface area contributed by atoms with Crippen molar-refractivity contribution in [2.45, 2.75) is 33.0 Å². The first-order chi connectivity index (χ1) is 16.2. The molecule has 0 aliphatic carbocycles. The van der Waals surface area contributed by atoms with Crippen molar-refractivity contribution >= 4 is 11.4 Å². The Hall–Kier alpha value is -3.02. The van der Waals surface area contributed by atoms with Gasteiger partial charge in [-0.05, 0) is 42.8 Å². The fraction of sp³-hybridized carbons (Fsp3) is 0.357. The summed E-state index contributed by atoms with van der Waals surface area (Å²) in [5.74, 6) is 0. The predicted octanol–water partition coefficient (Wildman–Crippen LogP) is 4.82. The van der Waals surface area contributed by atoms with Gasteiger partial charge in [0, 0.05) is 68.1 Å². The maximum Gasteiger partial charge on any atom is 0.0634 e. The molecule has 0 unspecified atom stereocenters. The highest BCUT2D eigenvalue weighted by atomic mass is 15.3. The highest BCUT2D eigenvalue weighted by Crippen LogP contribution is 2.30. The van der Waals surface area contributed by atoms with Crippen LogP contribution in [-0.2, 0) is 13.1 Å². The third-order valence-corrected chi connectivity index (χ3v) is 6.99. The number of aromatic nitrogens is 1. The fourth-order valence-corrected chi connectivity index (χ4v) is 4.88. The average molecular weight is 442 g/mol. The maximum absolute atomic E-state index is 3.74. The van der Waals surface area contributed by atoms with Gasteiger partial charge in [0.25, 0.3) is 0 Å². The van der Waals surface area contributed by atoms with Gasteiger partial charge < -0.3 is 20.1 Å². The summed E-state index contributed by atoms with van der Waals surface area (Å²) in [5.41, 5.74) is 7.57. The van der Waals surface area contributed by atoms with E-state index < -0.39 is 0 Å². The molecule has 5 heteroatoms. The van der Waals surface area contributed by atoms with Crippen molar-refractivity contribution in [3.8, 4) is 0 Å². The Bertz CT molecular complexity index is 1060. The van der Waals surface area contributed by atoms with Gasteiger partial charge in [-0.3, -0.25) is 4.90 Å². The van der Waals surface area contributed by atoms with E-state index in [4.69, 9.17) is 0 Å². The van der Waals surface area contributed by atoms with E-state index in [9.17, 15) is 0 Å². The molecule has 0 amide bonds. The second-order valence-corrected chi connectivity index (χ2v) is 9.19. The van der Waals surface area contributed by atoms with E-state index >= 15 is 0 Å². The molecule has 0 spiro atoms. The molecule has 2 aliphatic heterocycles. The van der Waals surface area contributed by atoms with Crippen LogP contribution in [-0.4, -0.2) is 47.5 Å². The molecule has 2 N–H and O–H groups in total. The number of fused-ring (bicyclic) bond motifs is 1. The summed E-state index contributed by atoms with van der Waals surface area (Å²) in [5, 5.41) is 3.74. The second-order valence-electron chi connectivity index (χ2n) is 9.19. The lowest BCUT2D eigenvalue weighted by Gasteiger charge is -2.34. The van der Waals surface area contributed by atoms with Crippen molar-refractivity contribution < 1.29 is 0 Å². The molecule has 3 aromatic rings. The lowest BCUT2D eigenvalue weighted by molar-refractivity contribution is 0.132. The van der Waals surface area contributed by atoms with Crippen LogP contribution in [0.2, 0.25) is 0 Å². The van der Waals surface area contributed by atoms with Crippen LogP contribution in [0.25, 0.3) is 5.70 Å². The number of likely N-dealkylation sites (N-methyl/N-ethyl adjacent to an activating group) is 1. The third kappa shape index (κ3) is 5.00. The minimum Gasteiger partial charge on any atom is -0.377 e. The molecule has 33 heavy (non-hydrogen) atoms. The molecule has 5 nitrogen and oxygen atoms in total.